The Bertz CT molecular complexity index is 687. The largest absolute Gasteiger partial charge is 0.446 e. The van der Waals surface area contributed by atoms with Gasteiger partial charge in [0.05, 0.1) is 0 Å². The van der Waals surface area contributed by atoms with E-state index in [0.29, 0.717) is 5.56 Å². The predicted octanol–water partition coefficient (Wildman–Crippen LogP) is 3.09. The standard InChI is InChI=1S/C18H17NO4/c1-22-16(14-10-6-3-7-11-14)17(20)19-15(12-23-18(19)21)13-8-4-2-5-9-13/h2-11,15-16H,12H2,1H3. The van der Waals surface area contributed by atoms with E-state index >= 15 is 0 Å². The van der Waals surface area contributed by atoms with Gasteiger partial charge in [0, 0.05) is 7.11 Å². The van der Waals surface area contributed by atoms with Crippen molar-refractivity contribution in [2.75, 3.05) is 13.7 Å². The molecule has 0 aliphatic carbocycles. The van der Waals surface area contributed by atoms with Crippen LogP contribution in [0.4, 0.5) is 4.79 Å². The van der Waals surface area contributed by atoms with E-state index in [-0.39, 0.29) is 6.61 Å². The molecule has 2 aromatic carbocycles. The highest BCUT2D eigenvalue weighted by atomic mass is 16.6. The number of ether oxygens (including phenoxy) is 2. The van der Waals surface area contributed by atoms with Gasteiger partial charge in [0.1, 0.15) is 12.6 Å². The molecule has 1 saturated heterocycles. The molecule has 23 heavy (non-hydrogen) atoms. The zero-order valence-corrected chi connectivity index (χ0v) is 12.7. The molecule has 5 heteroatoms. The summed E-state index contributed by atoms with van der Waals surface area (Å²) in [7, 11) is 1.45. The summed E-state index contributed by atoms with van der Waals surface area (Å²) in [6.07, 6.45) is -1.48. The summed E-state index contributed by atoms with van der Waals surface area (Å²) in [5, 5.41) is 0. The van der Waals surface area contributed by atoms with E-state index in [1.165, 1.54) is 7.11 Å². The van der Waals surface area contributed by atoms with Crippen molar-refractivity contribution in [2.45, 2.75) is 12.1 Å². The molecule has 0 radical (unpaired) electrons. The van der Waals surface area contributed by atoms with E-state index in [1.54, 1.807) is 12.1 Å². The molecule has 2 unspecified atom stereocenters. The van der Waals surface area contributed by atoms with Crippen molar-refractivity contribution in [1.82, 2.24) is 4.90 Å². The lowest BCUT2D eigenvalue weighted by Gasteiger charge is -2.24. The minimum Gasteiger partial charge on any atom is -0.446 e. The second kappa shape index (κ2) is 6.62. The first-order valence-electron chi connectivity index (χ1n) is 7.35. The van der Waals surface area contributed by atoms with Gasteiger partial charge < -0.3 is 9.47 Å². The molecule has 2 aromatic rings. The number of hydrogen-bond donors (Lipinski definition) is 0. The molecule has 1 aliphatic rings. The molecule has 118 valence electrons. The normalized spacial score (nSPS) is 18.6. The van der Waals surface area contributed by atoms with Crippen LogP contribution in [0.1, 0.15) is 23.3 Å². The number of amides is 2. The van der Waals surface area contributed by atoms with E-state index in [9.17, 15) is 9.59 Å². The minimum atomic E-state index is -0.840. The Balaban J connectivity index is 1.91. The van der Waals surface area contributed by atoms with Gasteiger partial charge in [-0.1, -0.05) is 60.7 Å². The van der Waals surface area contributed by atoms with Gasteiger partial charge in [-0.05, 0) is 11.1 Å². The first kappa shape index (κ1) is 15.2. The van der Waals surface area contributed by atoms with Gasteiger partial charge in [-0.3, -0.25) is 4.79 Å². The van der Waals surface area contributed by atoms with Gasteiger partial charge in [-0.2, -0.15) is 0 Å². The van der Waals surface area contributed by atoms with Crippen molar-refractivity contribution in [3.63, 3.8) is 0 Å². The smallest absolute Gasteiger partial charge is 0.417 e. The van der Waals surface area contributed by atoms with Gasteiger partial charge in [-0.25, -0.2) is 9.69 Å². The van der Waals surface area contributed by atoms with E-state index < -0.39 is 24.1 Å². The summed E-state index contributed by atoms with van der Waals surface area (Å²) in [6.45, 7) is 0.153. The lowest BCUT2D eigenvalue weighted by Crippen LogP contribution is -2.38. The van der Waals surface area contributed by atoms with Crippen LogP contribution in [-0.2, 0) is 14.3 Å². The lowest BCUT2D eigenvalue weighted by molar-refractivity contribution is -0.140. The van der Waals surface area contributed by atoms with Crippen LogP contribution in [0.15, 0.2) is 60.7 Å². The number of carbonyl (C=O) groups is 2. The zero-order valence-electron chi connectivity index (χ0n) is 12.7. The van der Waals surface area contributed by atoms with Gasteiger partial charge >= 0.3 is 6.09 Å². The Morgan fingerprint density at radius 2 is 1.74 bits per heavy atom. The minimum absolute atomic E-state index is 0.153. The Kier molecular flexibility index (Phi) is 4.39. The Morgan fingerprint density at radius 3 is 2.35 bits per heavy atom. The van der Waals surface area contributed by atoms with Gasteiger partial charge in [0.2, 0.25) is 0 Å². The van der Waals surface area contributed by atoms with Crippen molar-refractivity contribution in [2.24, 2.45) is 0 Å². The second-order valence-corrected chi connectivity index (χ2v) is 5.24. The molecule has 2 amide bonds. The maximum atomic E-state index is 12.9. The van der Waals surface area contributed by atoms with Crippen molar-refractivity contribution in [3.05, 3.63) is 71.8 Å². The van der Waals surface area contributed by atoms with Crippen LogP contribution < -0.4 is 0 Å². The van der Waals surface area contributed by atoms with E-state index in [4.69, 9.17) is 9.47 Å². The summed E-state index contributed by atoms with van der Waals surface area (Å²) in [6, 6.07) is 18.0. The molecule has 0 aromatic heterocycles. The maximum Gasteiger partial charge on any atom is 0.417 e. The topological polar surface area (TPSA) is 55.8 Å². The number of methoxy groups -OCH3 is 1. The summed E-state index contributed by atoms with van der Waals surface area (Å²) in [5.41, 5.74) is 1.56. The number of cyclic esters (lactones) is 1. The van der Waals surface area contributed by atoms with Gasteiger partial charge in [0.15, 0.2) is 6.10 Å². The van der Waals surface area contributed by atoms with Crippen LogP contribution in [0.3, 0.4) is 0 Å². The molecule has 0 bridgehead atoms. The molecule has 0 saturated carbocycles. The summed E-state index contributed by atoms with van der Waals surface area (Å²) < 4.78 is 10.4. The predicted molar refractivity (Wildman–Crippen MR) is 83.6 cm³/mol. The number of hydrogen-bond acceptors (Lipinski definition) is 4. The molecule has 3 rings (SSSR count). The van der Waals surface area contributed by atoms with E-state index in [0.717, 1.165) is 10.5 Å². The van der Waals surface area contributed by atoms with Crippen LogP contribution in [0.5, 0.6) is 0 Å². The summed E-state index contributed by atoms with van der Waals surface area (Å²) in [5.74, 6) is -0.421. The van der Waals surface area contributed by atoms with Crippen LogP contribution in [0.2, 0.25) is 0 Å². The third-order valence-electron chi connectivity index (χ3n) is 3.86. The molecule has 2 atom stereocenters. The summed E-state index contributed by atoms with van der Waals surface area (Å²) >= 11 is 0. The molecule has 1 heterocycles. The third-order valence-corrected chi connectivity index (χ3v) is 3.86. The van der Waals surface area contributed by atoms with Gasteiger partial charge in [0.25, 0.3) is 5.91 Å². The second-order valence-electron chi connectivity index (χ2n) is 5.24. The molecular weight excluding hydrogens is 294 g/mol. The van der Waals surface area contributed by atoms with E-state index in [2.05, 4.69) is 0 Å². The summed E-state index contributed by atoms with van der Waals surface area (Å²) in [4.78, 5) is 26.1. The Morgan fingerprint density at radius 1 is 1.13 bits per heavy atom. The first-order valence-corrected chi connectivity index (χ1v) is 7.35. The average Bonchev–Trinajstić information content (AvgIpc) is 2.99. The molecule has 0 N–H and O–H groups in total. The SMILES string of the molecule is COC(C(=O)N1C(=O)OCC1c1ccccc1)c1ccccc1. The van der Waals surface area contributed by atoms with Crippen LogP contribution >= 0.6 is 0 Å². The van der Waals surface area contributed by atoms with Crippen molar-refractivity contribution in [1.29, 1.82) is 0 Å². The lowest BCUT2D eigenvalue weighted by atomic mass is 10.0. The Labute approximate surface area is 134 Å². The highest BCUT2D eigenvalue weighted by Crippen LogP contribution is 2.31. The fourth-order valence-electron chi connectivity index (χ4n) is 2.72. The quantitative estimate of drug-likeness (QED) is 0.870. The molecule has 0 spiro atoms. The first-order chi connectivity index (χ1) is 11.2. The number of imide groups is 1. The van der Waals surface area contributed by atoms with Crippen molar-refractivity contribution >= 4 is 12.0 Å². The van der Waals surface area contributed by atoms with E-state index in [1.807, 2.05) is 48.5 Å². The molecular formula is C18H17NO4. The molecule has 5 nitrogen and oxygen atoms in total. The fraction of sp³-hybridized carbons (Fsp3) is 0.222. The van der Waals surface area contributed by atoms with Gasteiger partial charge in [-0.15, -0.1) is 0 Å². The highest BCUT2D eigenvalue weighted by molar-refractivity contribution is 5.96. The van der Waals surface area contributed by atoms with Crippen LogP contribution in [-0.4, -0.2) is 30.6 Å². The third kappa shape index (κ3) is 2.96. The van der Waals surface area contributed by atoms with Crippen molar-refractivity contribution in [3.8, 4) is 0 Å². The number of nitrogens with zero attached hydrogens (tertiary/aromatic N) is 1. The highest BCUT2D eigenvalue weighted by Gasteiger charge is 2.42. The number of benzene rings is 2. The monoisotopic (exact) mass is 311 g/mol. The molecule has 1 aliphatic heterocycles. The number of rotatable bonds is 4. The number of carbonyl (C=O) groups excluding carboxylic acids is 2. The maximum absolute atomic E-state index is 12.9. The van der Waals surface area contributed by atoms with Crippen molar-refractivity contribution < 1.29 is 19.1 Å². The zero-order chi connectivity index (χ0) is 16.2. The average molecular weight is 311 g/mol. The molecule has 1 fully saturated rings. The van der Waals surface area contributed by atoms with Crippen LogP contribution in [0.25, 0.3) is 0 Å². The van der Waals surface area contributed by atoms with Crippen LogP contribution in [0, 0.1) is 0 Å². The fourth-order valence-corrected chi connectivity index (χ4v) is 2.72. The Hall–Kier alpha value is -2.66.